The van der Waals surface area contributed by atoms with Gasteiger partial charge in [0.25, 0.3) is 0 Å². The van der Waals surface area contributed by atoms with Crippen LogP contribution in [0, 0.1) is 0 Å². The molecule has 7 nitrogen and oxygen atoms in total. The zero-order valence-electron chi connectivity index (χ0n) is 13.0. The Hall–Kier alpha value is -0.710. The van der Waals surface area contributed by atoms with Gasteiger partial charge in [0.15, 0.2) is 0 Å². The average Bonchev–Trinajstić information content (AvgIpc) is 3.29. The monoisotopic (exact) mass is 383 g/mol. The molecule has 1 unspecified atom stereocenters. The standard InChI is InChI=1S/C13H21N3O4S2.ClH/c1-10(9-14)16(2)22(19,20)13-7-5-12(6-8-13)21(17,18)15-11-3-4-11;/h5-8,10-11,15H,3-4,9,14H2,1-2H3;1H. The maximum atomic E-state index is 12.4. The van der Waals surface area contributed by atoms with Crippen LogP contribution in [0.2, 0.25) is 0 Å². The van der Waals surface area contributed by atoms with Gasteiger partial charge in [-0.2, -0.15) is 4.31 Å². The van der Waals surface area contributed by atoms with Gasteiger partial charge in [-0.05, 0) is 44.0 Å². The van der Waals surface area contributed by atoms with E-state index in [9.17, 15) is 16.8 Å². The minimum atomic E-state index is -3.69. The van der Waals surface area contributed by atoms with Gasteiger partial charge in [0.1, 0.15) is 0 Å². The van der Waals surface area contributed by atoms with Crippen LogP contribution >= 0.6 is 12.4 Å². The molecule has 0 aromatic heterocycles. The zero-order chi connectivity index (χ0) is 16.5. The van der Waals surface area contributed by atoms with Crippen LogP contribution in [0.1, 0.15) is 19.8 Å². The maximum Gasteiger partial charge on any atom is 0.243 e. The van der Waals surface area contributed by atoms with Crippen molar-refractivity contribution in [2.45, 2.75) is 41.6 Å². The molecule has 23 heavy (non-hydrogen) atoms. The molecule has 0 bridgehead atoms. The first-order valence-corrected chi connectivity index (χ1v) is 9.91. The van der Waals surface area contributed by atoms with Crippen molar-refractivity contribution in [2.24, 2.45) is 5.73 Å². The SMILES string of the molecule is CC(CN)N(C)S(=O)(=O)c1ccc(S(=O)(=O)NC2CC2)cc1.Cl. The Morgan fingerprint density at radius 2 is 1.65 bits per heavy atom. The van der Waals surface area contributed by atoms with Crippen molar-refractivity contribution in [3.63, 3.8) is 0 Å². The van der Waals surface area contributed by atoms with Crippen LogP contribution in [0.15, 0.2) is 34.1 Å². The first-order valence-electron chi connectivity index (χ1n) is 6.99. The Bertz CT molecular complexity index is 731. The molecule has 0 saturated heterocycles. The summed E-state index contributed by atoms with van der Waals surface area (Å²) in [4.78, 5) is 0.105. The third kappa shape index (κ3) is 4.65. The predicted octanol–water partition coefficient (Wildman–Crippen LogP) is 0.517. The minimum Gasteiger partial charge on any atom is -0.329 e. The summed E-state index contributed by atoms with van der Waals surface area (Å²) in [5, 5.41) is 0. The molecule has 1 saturated carbocycles. The number of sulfonamides is 2. The number of nitrogens with two attached hydrogens (primary N) is 1. The number of hydrogen-bond acceptors (Lipinski definition) is 5. The van der Waals surface area contributed by atoms with E-state index in [4.69, 9.17) is 5.73 Å². The first kappa shape index (κ1) is 20.3. The van der Waals surface area contributed by atoms with E-state index in [1.807, 2.05) is 0 Å². The zero-order valence-corrected chi connectivity index (χ0v) is 15.4. The lowest BCUT2D eigenvalue weighted by Gasteiger charge is -2.23. The van der Waals surface area contributed by atoms with Crippen LogP contribution in [0.4, 0.5) is 0 Å². The van der Waals surface area contributed by atoms with Crippen LogP contribution in [0.5, 0.6) is 0 Å². The summed E-state index contributed by atoms with van der Waals surface area (Å²) in [6, 6.07) is 4.87. The van der Waals surface area contributed by atoms with E-state index in [1.54, 1.807) is 6.92 Å². The molecule has 1 fully saturated rings. The number of hydrogen-bond donors (Lipinski definition) is 2. The molecule has 132 valence electrons. The van der Waals surface area contributed by atoms with Gasteiger partial charge in [0, 0.05) is 25.7 Å². The molecule has 1 aliphatic rings. The average molecular weight is 384 g/mol. The second-order valence-electron chi connectivity index (χ2n) is 5.47. The number of nitrogens with one attached hydrogen (secondary N) is 1. The van der Waals surface area contributed by atoms with Gasteiger partial charge in [-0.1, -0.05) is 0 Å². The van der Waals surface area contributed by atoms with Crippen molar-refractivity contribution in [1.29, 1.82) is 0 Å². The summed E-state index contributed by atoms with van der Waals surface area (Å²) in [7, 11) is -5.81. The van der Waals surface area contributed by atoms with E-state index in [-0.39, 0.29) is 40.8 Å². The van der Waals surface area contributed by atoms with Crippen molar-refractivity contribution >= 4 is 32.5 Å². The molecule has 1 atom stereocenters. The third-order valence-corrected chi connectivity index (χ3v) is 7.19. The van der Waals surface area contributed by atoms with E-state index in [0.717, 1.165) is 12.8 Å². The fourth-order valence-electron chi connectivity index (χ4n) is 1.83. The van der Waals surface area contributed by atoms with Gasteiger partial charge in [0.05, 0.1) is 9.79 Å². The van der Waals surface area contributed by atoms with Crippen molar-refractivity contribution in [1.82, 2.24) is 9.03 Å². The summed E-state index contributed by atoms with van der Waals surface area (Å²) in [6.07, 6.45) is 1.68. The summed E-state index contributed by atoms with van der Waals surface area (Å²) >= 11 is 0. The predicted molar refractivity (Wildman–Crippen MR) is 90.5 cm³/mol. The maximum absolute atomic E-state index is 12.4. The molecule has 0 spiro atoms. The van der Waals surface area contributed by atoms with Crippen molar-refractivity contribution in [3.05, 3.63) is 24.3 Å². The topological polar surface area (TPSA) is 110 Å². The van der Waals surface area contributed by atoms with Crippen molar-refractivity contribution in [3.8, 4) is 0 Å². The summed E-state index contributed by atoms with van der Waals surface area (Å²) in [6.45, 7) is 1.91. The second-order valence-corrected chi connectivity index (χ2v) is 9.18. The van der Waals surface area contributed by atoms with Crippen molar-refractivity contribution in [2.75, 3.05) is 13.6 Å². The van der Waals surface area contributed by atoms with E-state index in [2.05, 4.69) is 4.72 Å². The minimum absolute atomic E-state index is 0. The Balaban J connectivity index is 0.00000264. The molecule has 0 radical (unpaired) electrons. The molecular weight excluding hydrogens is 362 g/mol. The quantitative estimate of drug-likeness (QED) is 0.713. The van der Waals surface area contributed by atoms with Crippen LogP contribution in [0.25, 0.3) is 0 Å². The molecular formula is C13H22ClN3O4S2. The van der Waals surface area contributed by atoms with Gasteiger partial charge >= 0.3 is 0 Å². The highest BCUT2D eigenvalue weighted by molar-refractivity contribution is 7.89. The van der Waals surface area contributed by atoms with Crippen LogP contribution in [0.3, 0.4) is 0 Å². The Morgan fingerprint density at radius 3 is 2.09 bits per heavy atom. The van der Waals surface area contributed by atoms with Crippen LogP contribution < -0.4 is 10.5 Å². The Morgan fingerprint density at radius 1 is 1.17 bits per heavy atom. The van der Waals surface area contributed by atoms with Gasteiger partial charge in [-0.3, -0.25) is 0 Å². The lowest BCUT2D eigenvalue weighted by molar-refractivity contribution is 0.394. The van der Waals surface area contributed by atoms with E-state index in [1.165, 1.54) is 35.6 Å². The van der Waals surface area contributed by atoms with Gasteiger partial charge in [-0.15, -0.1) is 12.4 Å². The highest BCUT2D eigenvalue weighted by Crippen LogP contribution is 2.23. The normalized spacial score (nSPS) is 16.9. The number of benzene rings is 1. The van der Waals surface area contributed by atoms with E-state index in [0.29, 0.717) is 0 Å². The van der Waals surface area contributed by atoms with Crippen LogP contribution in [-0.4, -0.2) is 46.8 Å². The lowest BCUT2D eigenvalue weighted by Crippen LogP contribution is -2.39. The first-order chi connectivity index (χ1) is 10.2. The highest BCUT2D eigenvalue weighted by atomic mass is 35.5. The fourth-order valence-corrected chi connectivity index (χ4v) is 4.51. The number of halogens is 1. The molecule has 0 heterocycles. The summed E-state index contributed by atoms with van der Waals surface area (Å²) in [5.41, 5.74) is 5.49. The molecule has 1 aromatic carbocycles. The van der Waals surface area contributed by atoms with E-state index >= 15 is 0 Å². The smallest absolute Gasteiger partial charge is 0.243 e. The lowest BCUT2D eigenvalue weighted by atomic mass is 10.4. The largest absolute Gasteiger partial charge is 0.329 e. The fraction of sp³-hybridized carbons (Fsp3) is 0.538. The van der Waals surface area contributed by atoms with E-state index < -0.39 is 20.0 Å². The number of likely N-dealkylation sites (N-methyl/N-ethyl adjacent to an activating group) is 1. The second kappa shape index (κ2) is 7.45. The molecule has 0 aliphatic heterocycles. The van der Waals surface area contributed by atoms with Gasteiger partial charge in [-0.25, -0.2) is 21.6 Å². The van der Waals surface area contributed by atoms with Gasteiger partial charge in [0.2, 0.25) is 20.0 Å². The number of nitrogens with zero attached hydrogens (tertiary/aromatic N) is 1. The highest BCUT2D eigenvalue weighted by Gasteiger charge is 2.29. The molecule has 1 aliphatic carbocycles. The molecule has 2 rings (SSSR count). The van der Waals surface area contributed by atoms with Gasteiger partial charge < -0.3 is 5.73 Å². The Labute approximate surface area is 143 Å². The molecule has 1 aromatic rings. The van der Waals surface area contributed by atoms with Crippen LogP contribution in [-0.2, 0) is 20.0 Å². The number of rotatable bonds is 7. The molecule has 3 N–H and O–H groups in total. The summed E-state index contributed by atoms with van der Waals surface area (Å²) < 4.78 is 52.6. The summed E-state index contributed by atoms with van der Waals surface area (Å²) in [5.74, 6) is 0. The Kier molecular flexibility index (Phi) is 6.59. The third-order valence-electron chi connectivity index (χ3n) is 3.67. The van der Waals surface area contributed by atoms with Crippen molar-refractivity contribution < 1.29 is 16.8 Å². The molecule has 10 heteroatoms. The molecule has 0 amide bonds.